The lowest BCUT2D eigenvalue weighted by Crippen LogP contribution is -2.55. The molecular formula is C13H29ClN2OS. The number of unbranched alkanes of at least 4 members (excludes halogenated alkanes) is 1. The average Bonchev–Trinajstić information content (AvgIpc) is 2.28. The molecule has 0 aliphatic rings. The van der Waals surface area contributed by atoms with Crippen molar-refractivity contribution in [1.29, 1.82) is 0 Å². The summed E-state index contributed by atoms with van der Waals surface area (Å²) in [6.07, 6.45) is 3.05. The molecule has 0 rings (SSSR count). The van der Waals surface area contributed by atoms with Gasteiger partial charge in [-0.3, -0.25) is 4.79 Å². The first-order valence-corrected chi connectivity index (χ1v) is 7.70. The third kappa shape index (κ3) is 8.22. The molecule has 5 heteroatoms. The van der Waals surface area contributed by atoms with Crippen LogP contribution in [0.15, 0.2) is 0 Å². The minimum Gasteiger partial charge on any atom is -0.349 e. The Morgan fingerprint density at radius 2 is 2.00 bits per heavy atom. The zero-order valence-corrected chi connectivity index (χ0v) is 13.8. The summed E-state index contributed by atoms with van der Waals surface area (Å²) in [6.45, 7) is 8.86. The lowest BCUT2D eigenvalue weighted by atomic mass is 9.88. The Balaban J connectivity index is 0. The molecule has 3 nitrogen and oxygen atoms in total. The van der Waals surface area contributed by atoms with Gasteiger partial charge in [0.1, 0.15) is 0 Å². The van der Waals surface area contributed by atoms with Crippen LogP contribution in [0.2, 0.25) is 0 Å². The van der Waals surface area contributed by atoms with Crippen LogP contribution in [0.1, 0.15) is 47.0 Å². The highest BCUT2D eigenvalue weighted by Crippen LogP contribution is 2.15. The minimum absolute atomic E-state index is 0. The number of hydrogen-bond donors (Lipinski definition) is 2. The van der Waals surface area contributed by atoms with E-state index in [4.69, 9.17) is 5.73 Å². The molecule has 18 heavy (non-hydrogen) atoms. The minimum atomic E-state index is -0.273. The smallest absolute Gasteiger partial charge is 0.221 e. The summed E-state index contributed by atoms with van der Waals surface area (Å²) >= 11 is 1.86. The Bertz CT molecular complexity index is 227. The van der Waals surface area contributed by atoms with E-state index in [0.717, 1.165) is 11.5 Å². The Morgan fingerprint density at radius 1 is 1.39 bits per heavy atom. The van der Waals surface area contributed by atoms with Crippen LogP contribution in [0.4, 0.5) is 0 Å². The van der Waals surface area contributed by atoms with Crippen LogP contribution in [0.25, 0.3) is 0 Å². The highest BCUT2D eigenvalue weighted by atomic mass is 35.5. The van der Waals surface area contributed by atoms with Gasteiger partial charge in [-0.1, -0.05) is 27.2 Å². The fourth-order valence-corrected chi connectivity index (χ4v) is 2.35. The Morgan fingerprint density at radius 3 is 2.44 bits per heavy atom. The monoisotopic (exact) mass is 296 g/mol. The molecule has 1 unspecified atom stereocenters. The molecule has 0 aromatic rings. The van der Waals surface area contributed by atoms with E-state index < -0.39 is 0 Å². The van der Waals surface area contributed by atoms with E-state index in [1.807, 2.05) is 18.7 Å². The zero-order chi connectivity index (χ0) is 13.3. The number of hydrogen-bond acceptors (Lipinski definition) is 3. The number of halogens is 1. The average molecular weight is 297 g/mol. The molecule has 0 aliphatic heterocycles. The van der Waals surface area contributed by atoms with Gasteiger partial charge in [-0.2, -0.15) is 11.8 Å². The first-order chi connectivity index (χ1) is 7.96. The molecule has 0 saturated carbocycles. The predicted octanol–water partition coefficient (Wildman–Crippen LogP) is 2.82. The van der Waals surface area contributed by atoms with Gasteiger partial charge in [-0.25, -0.2) is 0 Å². The normalized spacial score (nSPS) is 13.9. The molecule has 110 valence electrons. The molecular weight excluding hydrogens is 268 g/mol. The van der Waals surface area contributed by atoms with Crippen molar-refractivity contribution in [3.05, 3.63) is 0 Å². The van der Waals surface area contributed by atoms with Crippen molar-refractivity contribution in [1.82, 2.24) is 5.32 Å². The van der Waals surface area contributed by atoms with Gasteiger partial charge in [-0.15, -0.1) is 12.4 Å². The largest absolute Gasteiger partial charge is 0.349 e. The standard InChI is InChI=1S/C13H28N2OS.ClH/c1-5-6-8-17-9-7-12(16)15-13(4,10-14)11(2)3;/h11H,5-10,14H2,1-4H3,(H,15,16);1H. The molecule has 1 amide bonds. The zero-order valence-electron chi connectivity index (χ0n) is 12.1. The summed E-state index contributed by atoms with van der Waals surface area (Å²) in [5, 5.41) is 3.06. The highest BCUT2D eigenvalue weighted by Gasteiger charge is 2.28. The summed E-state index contributed by atoms with van der Waals surface area (Å²) < 4.78 is 0. The quantitative estimate of drug-likeness (QED) is 0.643. The van der Waals surface area contributed by atoms with E-state index >= 15 is 0 Å². The molecule has 3 N–H and O–H groups in total. The van der Waals surface area contributed by atoms with Crippen LogP contribution in [-0.4, -0.2) is 29.5 Å². The van der Waals surface area contributed by atoms with Gasteiger partial charge < -0.3 is 11.1 Å². The van der Waals surface area contributed by atoms with Gasteiger partial charge in [0.2, 0.25) is 5.91 Å². The molecule has 0 bridgehead atoms. The third-order valence-electron chi connectivity index (χ3n) is 3.24. The fourth-order valence-electron chi connectivity index (χ4n) is 1.33. The number of amides is 1. The molecule has 0 radical (unpaired) electrons. The Kier molecular flexibility index (Phi) is 12.4. The van der Waals surface area contributed by atoms with Crippen molar-refractivity contribution in [2.24, 2.45) is 11.7 Å². The first kappa shape index (κ1) is 20.4. The Hall–Kier alpha value is 0.0700. The van der Waals surface area contributed by atoms with Crippen molar-refractivity contribution in [2.45, 2.75) is 52.5 Å². The molecule has 0 saturated heterocycles. The fraction of sp³-hybridized carbons (Fsp3) is 0.923. The van der Waals surface area contributed by atoms with Crippen molar-refractivity contribution in [3.63, 3.8) is 0 Å². The van der Waals surface area contributed by atoms with Crippen LogP contribution >= 0.6 is 24.2 Å². The topological polar surface area (TPSA) is 55.1 Å². The summed E-state index contributed by atoms with van der Waals surface area (Å²) in [4.78, 5) is 11.8. The van der Waals surface area contributed by atoms with Crippen LogP contribution in [0.5, 0.6) is 0 Å². The summed E-state index contributed by atoms with van der Waals surface area (Å²) in [5.74, 6) is 2.53. The van der Waals surface area contributed by atoms with Gasteiger partial charge in [0, 0.05) is 18.7 Å². The van der Waals surface area contributed by atoms with Gasteiger partial charge in [0.05, 0.1) is 5.54 Å². The Labute approximate surface area is 122 Å². The summed E-state index contributed by atoms with van der Waals surface area (Å²) in [5.41, 5.74) is 5.46. The van der Waals surface area contributed by atoms with Gasteiger partial charge in [-0.05, 0) is 25.0 Å². The molecule has 1 atom stereocenters. The number of carbonyl (C=O) groups excluding carboxylic acids is 1. The maximum Gasteiger partial charge on any atom is 0.221 e. The second-order valence-corrected chi connectivity index (χ2v) is 6.27. The van der Waals surface area contributed by atoms with Crippen molar-refractivity contribution in [3.8, 4) is 0 Å². The maximum atomic E-state index is 11.8. The van der Waals surface area contributed by atoms with E-state index in [1.54, 1.807) is 0 Å². The third-order valence-corrected chi connectivity index (χ3v) is 4.31. The van der Waals surface area contributed by atoms with Crippen molar-refractivity contribution >= 4 is 30.1 Å². The van der Waals surface area contributed by atoms with Gasteiger partial charge in [0.15, 0.2) is 0 Å². The second-order valence-electron chi connectivity index (χ2n) is 5.04. The lowest BCUT2D eigenvalue weighted by Gasteiger charge is -2.33. The lowest BCUT2D eigenvalue weighted by molar-refractivity contribution is -0.122. The van der Waals surface area contributed by atoms with Crippen LogP contribution in [0.3, 0.4) is 0 Å². The van der Waals surface area contributed by atoms with Crippen molar-refractivity contribution in [2.75, 3.05) is 18.1 Å². The summed E-state index contributed by atoms with van der Waals surface area (Å²) in [6, 6.07) is 0. The van der Waals surface area contributed by atoms with Crippen molar-refractivity contribution < 1.29 is 4.79 Å². The van der Waals surface area contributed by atoms with Crippen LogP contribution < -0.4 is 11.1 Å². The number of rotatable bonds is 9. The number of carbonyl (C=O) groups is 1. The predicted molar refractivity (Wildman–Crippen MR) is 84.5 cm³/mol. The van der Waals surface area contributed by atoms with E-state index in [1.165, 1.54) is 12.8 Å². The molecule has 0 aliphatic carbocycles. The van der Waals surface area contributed by atoms with Crippen LogP contribution in [0, 0.1) is 5.92 Å². The molecule has 0 fully saturated rings. The van der Waals surface area contributed by atoms with Gasteiger partial charge >= 0.3 is 0 Å². The number of nitrogens with two attached hydrogens (primary N) is 1. The van der Waals surface area contributed by atoms with Crippen LogP contribution in [-0.2, 0) is 4.79 Å². The van der Waals surface area contributed by atoms with E-state index in [2.05, 4.69) is 26.1 Å². The SMILES string of the molecule is CCCCSCCC(=O)NC(C)(CN)C(C)C.Cl. The van der Waals surface area contributed by atoms with E-state index in [-0.39, 0.29) is 23.9 Å². The van der Waals surface area contributed by atoms with E-state index in [9.17, 15) is 4.79 Å². The molecule has 0 heterocycles. The molecule has 0 aromatic heterocycles. The van der Waals surface area contributed by atoms with E-state index in [0.29, 0.717) is 18.9 Å². The van der Waals surface area contributed by atoms with Gasteiger partial charge in [0.25, 0.3) is 0 Å². The maximum absolute atomic E-state index is 11.8. The second kappa shape index (κ2) is 10.9. The number of nitrogens with one attached hydrogen (secondary N) is 1. The highest BCUT2D eigenvalue weighted by molar-refractivity contribution is 7.99. The molecule has 0 spiro atoms. The summed E-state index contributed by atoms with van der Waals surface area (Å²) in [7, 11) is 0. The number of thioether (sulfide) groups is 1. The molecule has 0 aromatic carbocycles. The first-order valence-electron chi connectivity index (χ1n) is 6.55.